The Bertz CT molecular complexity index is 1840. The number of alkyl halides is 3. The Kier molecular flexibility index (Phi) is 8.76. The average molecular weight is 650 g/mol. The lowest BCUT2D eigenvalue weighted by Crippen LogP contribution is -2.13. The van der Waals surface area contributed by atoms with Crippen molar-refractivity contribution in [3.63, 3.8) is 0 Å². The number of halogens is 3. The molecule has 5 aromatic rings. The van der Waals surface area contributed by atoms with Gasteiger partial charge in [-0.15, -0.1) is 11.3 Å². The number of benzene rings is 3. The number of sulfonamides is 1. The molecule has 2 N–H and O–H groups in total. The monoisotopic (exact) mass is 649 g/mol. The number of aliphatic hydroxyl groups is 1. The predicted molar refractivity (Wildman–Crippen MR) is 169 cm³/mol. The van der Waals surface area contributed by atoms with Gasteiger partial charge in [0.2, 0.25) is 0 Å². The second kappa shape index (κ2) is 12.7. The summed E-state index contributed by atoms with van der Waals surface area (Å²) in [7, 11) is -3.84. The molecular formula is C34H30F3N3O3S2. The second-order valence-corrected chi connectivity index (χ2v) is 13.9. The van der Waals surface area contributed by atoms with Gasteiger partial charge in [-0.05, 0) is 91.1 Å². The van der Waals surface area contributed by atoms with Crippen molar-refractivity contribution in [1.82, 2.24) is 9.97 Å². The predicted octanol–water partition coefficient (Wildman–Crippen LogP) is 8.38. The highest BCUT2D eigenvalue weighted by Crippen LogP contribution is 2.40. The molecule has 2 heterocycles. The number of anilines is 1. The van der Waals surface area contributed by atoms with Gasteiger partial charge in [0.05, 0.1) is 22.3 Å². The Morgan fingerprint density at radius 2 is 1.64 bits per heavy atom. The number of aromatic nitrogens is 2. The zero-order chi connectivity index (χ0) is 31.6. The van der Waals surface area contributed by atoms with Crippen LogP contribution in [0.3, 0.4) is 0 Å². The highest BCUT2D eigenvalue weighted by atomic mass is 32.2. The normalized spacial score (nSPS) is 17.7. The van der Waals surface area contributed by atoms with Crippen LogP contribution in [0, 0.1) is 11.8 Å². The molecular weight excluding hydrogens is 620 g/mol. The molecule has 2 aromatic heterocycles. The number of pyridine rings is 1. The highest BCUT2D eigenvalue weighted by Gasteiger charge is 2.31. The van der Waals surface area contributed by atoms with Crippen molar-refractivity contribution in [3.8, 4) is 21.8 Å². The van der Waals surface area contributed by atoms with Crippen molar-refractivity contribution in [2.75, 3.05) is 4.72 Å². The van der Waals surface area contributed by atoms with Crippen LogP contribution >= 0.6 is 11.3 Å². The van der Waals surface area contributed by atoms with Crippen LogP contribution in [0.1, 0.15) is 42.1 Å². The van der Waals surface area contributed by atoms with E-state index in [-0.39, 0.29) is 10.8 Å². The molecule has 1 saturated carbocycles. The smallest absolute Gasteiger partial charge is 0.388 e. The maximum Gasteiger partial charge on any atom is 0.416 e. The van der Waals surface area contributed by atoms with Gasteiger partial charge in [-0.3, -0.25) is 9.71 Å². The summed E-state index contributed by atoms with van der Waals surface area (Å²) in [6, 6.07) is 22.3. The van der Waals surface area contributed by atoms with Crippen LogP contribution in [-0.2, 0) is 22.6 Å². The lowest BCUT2D eigenvalue weighted by atomic mass is 9.92. The highest BCUT2D eigenvalue weighted by molar-refractivity contribution is 7.92. The number of thiazole rings is 1. The van der Waals surface area contributed by atoms with Gasteiger partial charge in [0, 0.05) is 34.6 Å². The zero-order valence-electron chi connectivity index (χ0n) is 24.0. The van der Waals surface area contributed by atoms with E-state index < -0.39 is 27.9 Å². The average Bonchev–Trinajstić information content (AvgIpc) is 3.72. The topological polar surface area (TPSA) is 92.2 Å². The summed E-state index contributed by atoms with van der Waals surface area (Å²) < 4.78 is 67.4. The molecule has 232 valence electrons. The lowest BCUT2D eigenvalue weighted by Gasteiger charge is -2.18. The Morgan fingerprint density at radius 3 is 2.31 bits per heavy atom. The largest absolute Gasteiger partial charge is 0.416 e. The Labute approximate surface area is 263 Å². The second-order valence-electron chi connectivity index (χ2n) is 11.3. The van der Waals surface area contributed by atoms with Gasteiger partial charge in [0.25, 0.3) is 10.0 Å². The Hall–Kier alpha value is -4.06. The van der Waals surface area contributed by atoms with E-state index in [1.165, 1.54) is 35.6 Å². The van der Waals surface area contributed by atoms with Gasteiger partial charge in [-0.25, -0.2) is 13.4 Å². The molecule has 1 aliphatic rings. The zero-order valence-corrected chi connectivity index (χ0v) is 25.6. The van der Waals surface area contributed by atoms with Crippen LogP contribution in [0.4, 0.5) is 18.9 Å². The number of hydrogen-bond acceptors (Lipinski definition) is 6. The quantitative estimate of drug-likeness (QED) is 0.167. The maximum atomic E-state index is 13.1. The van der Waals surface area contributed by atoms with Gasteiger partial charge in [-0.1, -0.05) is 42.5 Å². The number of nitrogens with zero attached hydrogens (tertiary/aromatic N) is 2. The molecule has 3 atom stereocenters. The standard InChI is InChI=1S/C34H30F3N3O3S2/c35-34(36,37)28-11-7-24(8-12-28)31-21-44-33(39-31)25-9-15-30(16-10-25)45(42,43)40-29-13-4-22(5-14-29)18-23-3-6-26(19-23)32(41)27-2-1-17-38-20-27/h1-2,4-5,7-17,20-21,23,26,32,40-41H,3,6,18-19H2/t23-,26-,32-/m0/s1. The first-order valence-corrected chi connectivity index (χ1v) is 16.8. The number of aliphatic hydroxyl groups excluding tert-OH is 1. The molecule has 0 amide bonds. The van der Waals surface area contributed by atoms with E-state index in [4.69, 9.17) is 0 Å². The molecule has 6 rings (SSSR count). The first-order chi connectivity index (χ1) is 21.5. The molecule has 45 heavy (non-hydrogen) atoms. The number of nitrogens with one attached hydrogen (secondary N) is 1. The van der Waals surface area contributed by atoms with Gasteiger partial charge >= 0.3 is 6.18 Å². The van der Waals surface area contributed by atoms with E-state index in [0.717, 1.165) is 48.9 Å². The van der Waals surface area contributed by atoms with Crippen molar-refractivity contribution in [1.29, 1.82) is 0 Å². The minimum atomic E-state index is -4.40. The SMILES string of the molecule is O=S(=O)(Nc1ccc(C[C@@H]2CC[C@H]([C@H](O)c3cccnc3)C2)cc1)c1ccc(-c2nc(-c3ccc(C(F)(F)F)cc3)cs2)cc1. The van der Waals surface area contributed by atoms with Crippen LogP contribution in [0.5, 0.6) is 0 Å². The fraction of sp³-hybridized carbons (Fsp3) is 0.235. The molecule has 3 aromatic carbocycles. The first kappa shape index (κ1) is 30.9. The summed E-state index contributed by atoms with van der Waals surface area (Å²) in [5.74, 6) is 0.652. The van der Waals surface area contributed by atoms with Crippen LogP contribution in [0.2, 0.25) is 0 Å². The van der Waals surface area contributed by atoms with Crippen molar-refractivity contribution in [2.45, 2.75) is 42.9 Å². The van der Waals surface area contributed by atoms with Crippen LogP contribution in [0.25, 0.3) is 21.8 Å². The molecule has 0 saturated heterocycles. The Morgan fingerprint density at radius 1 is 0.933 bits per heavy atom. The molecule has 0 bridgehead atoms. The number of hydrogen-bond donors (Lipinski definition) is 2. The van der Waals surface area contributed by atoms with Crippen LogP contribution in [-0.4, -0.2) is 23.5 Å². The van der Waals surface area contributed by atoms with Gasteiger partial charge in [0.15, 0.2) is 0 Å². The summed E-state index contributed by atoms with van der Waals surface area (Å²) in [4.78, 5) is 8.74. The van der Waals surface area contributed by atoms with Gasteiger partial charge in [0.1, 0.15) is 5.01 Å². The van der Waals surface area contributed by atoms with E-state index in [0.29, 0.717) is 33.4 Å². The summed E-state index contributed by atoms with van der Waals surface area (Å²) in [5, 5.41) is 13.1. The van der Waals surface area contributed by atoms with E-state index >= 15 is 0 Å². The van der Waals surface area contributed by atoms with Crippen molar-refractivity contribution < 1.29 is 26.7 Å². The number of rotatable bonds is 9. The van der Waals surface area contributed by atoms with Crippen molar-refractivity contribution in [2.24, 2.45) is 11.8 Å². The molecule has 1 fully saturated rings. The van der Waals surface area contributed by atoms with E-state index in [2.05, 4.69) is 14.7 Å². The minimum absolute atomic E-state index is 0.0963. The van der Waals surface area contributed by atoms with Crippen molar-refractivity contribution >= 4 is 27.0 Å². The van der Waals surface area contributed by atoms with E-state index in [1.807, 2.05) is 24.3 Å². The third-order valence-corrected chi connectivity index (χ3v) is 10.5. The maximum absolute atomic E-state index is 13.1. The molecule has 6 nitrogen and oxygen atoms in total. The summed E-state index contributed by atoms with van der Waals surface area (Å²) in [6.07, 6.45) is 2.28. The van der Waals surface area contributed by atoms with Gasteiger partial charge in [-0.2, -0.15) is 13.2 Å². The fourth-order valence-electron chi connectivity index (χ4n) is 5.81. The molecule has 0 radical (unpaired) electrons. The van der Waals surface area contributed by atoms with Crippen molar-refractivity contribution in [3.05, 3.63) is 119 Å². The Balaban J connectivity index is 1.05. The molecule has 0 aliphatic heterocycles. The third kappa shape index (κ3) is 7.27. The van der Waals surface area contributed by atoms with Crippen LogP contribution < -0.4 is 4.72 Å². The summed E-state index contributed by atoms with van der Waals surface area (Å²) in [5.41, 5.74) is 3.50. The lowest BCUT2D eigenvalue weighted by molar-refractivity contribution is -0.137. The molecule has 0 spiro atoms. The fourth-order valence-corrected chi connectivity index (χ4v) is 7.70. The minimum Gasteiger partial charge on any atom is -0.388 e. The van der Waals surface area contributed by atoms with E-state index in [1.54, 1.807) is 42.0 Å². The van der Waals surface area contributed by atoms with Gasteiger partial charge < -0.3 is 5.11 Å². The molecule has 0 unspecified atom stereocenters. The van der Waals surface area contributed by atoms with E-state index in [9.17, 15) is 26.7 Å². The summed E-state index contributed by atoms with van der Waals surface area (Å²) in [6.45, 7) is 0. The third-order valence-electron chi connectivity index (χ3n) is 8.21. The first-order valence-electron chi connectivity index (χ1n) is 14.5. The van der Waals surface area contributed by atoms with Crippen LogP contribution in [0.15, 0.2) is 108 Å². The molecule has 11 heteroatoms. The summed E-state index contributed by atoms with van der Waals surface area (Å²) >= 11 is 1.32. The molecule has 1 aliphatic carbocycles.